The van der Waals surface area contributed by atoms with Gasteiger partial charge in [-0.25, -0.2) is 4.79 Å². The van der Waals surface area contributed by atoms with Crippen molar-refractivity contribution in [2.24, 2.45) is 5.73 Å². The molecule has 0 bridgehead atoms. The molecule has 1 unspecified atom stereocenters. The second-order valence-corrected chi connectivity index (χ2v) is 4.77. The van der Waals surface area contributed by atoms with Gasteiger partial charge in [0.15, 0.2) is 0 Å². The number of carbonyl (C=O) groups excluding carboxylic acids is 1. The average molecular weight is 228 g/mol. The molecule has 1 rings (SSSR count). The maximum Gasteiger partial charge on any atom is 0.326 e. The minimum Gasteiger partial charge on any atom is -0.480 e. The number of nitrogens with two attached hydrogens (primary N) is 1. The van der Waals surface area contributed by atoms with Crippen molar-refractivity contribution >= 4 is 11.9 Å². The Bertz CT molecular complexity index is 285. The van der Waals surface area contributed by atoms with Gasteiger partial charge in [0.25, 0.3) is 0 Å². The fraction of sp³-hybridized carbons (Fsp3) is 0.818. The number of likely N-dealkylation sites (N-methyl/N-ethyl adjacent to an activating group) is 1. The second kappa shape index (κ2) is 4.82. The standard InChI is InChI=1S/C11H20N2O3/c1-8(10(15)16)13(2)9(14)7-11(12)5-3-4-6-11/h8H,3-7,12H2,1-2H3,(H,15,16). The van der Waals surface area contributed by atoms with Gasteiger partial charge in [0, 0.05) is 19.0 Å². The summed E-state index contributed by atoms with van der Waals surface area (Å²) < 4.78 is 0. The lowest BCUT2D eigenvalue weighted by Gasteiger charge is -2.28. The minimum absolute atomic E-state index is 0.181. The van der Waals surface area contributed by atoms with E-state index in [2.05, 4.69) is 0 Å². The number of carbonyl (C=O) groups is 2. The molecular formula is C11H20N2O3. The molecule has 0 aromatic carbocycles. The first-order valence-electron chi connectivity index (χ1n) is 5.63. The fourth-order valence-corrected chi connectivity index (χ4v) is 2.06. The summed E-state index contributed by atoms with van der Waals surface area (Å²) in [4.78, 5) is 23.8. The van der Waals surface area contributed by atoms with Crippen LogP contribution >= 0.6 is 0 Å². The van der Waals surface area contributed by atoms with E-state index in [1.807, 2.05) is 0 Å². The first-order chi connectivity index (χ1) is 7.36. The van der Waals surface area contributed by atoms with Crippen LogP contribution in [0.4, 0.5) is 0 Å². The van der Waals surface area contributed by atoms with Crippen molar-refractivity contribution in [3.63, 3.8) is 0 Å². The highest BCUT2D eigenvalue weighted by Gasteiger charge is 2.34. The molecule has 0 spiro atoms. The van der Waals surface area contributed by atoms with Crippen LogP contribution in [0.15, 0.2) is 0 Å². The van der Waals surface area contributed by atoms with Crippen LogP contribution in [0.3, 0.4) is 0 Å². The summed E-state index contributed by atoms with van der Waals surface area (Å²) >= 11 is 0. The van der Waals surface area contributed by atoms with E-state index in [0.29, 0.717) is 0 Å². The van der Waals surface area contributed by atoms with Crippen LogP contribution in [0, 0.1) is 0 Å². The van der Waals surface area contributed by atoms with Gasteiger partial charge in [-0.2, -0.15) is 0 Å². The van der Waals surface area contributed by atoms with Crippen LogP contribution in [0.25, 0.3) is 0 Å². The van der Waals surface area contributed by atoms with E-state index in [1.165, 1.54) is 18.9 Å². The van der Waals surface area contributed by atoms with E-state index in [-0.39, 0.29) is 12.3 Å². The lowest BCUT2D eigenvalue weighted by Crippen LogP contribution is -2.46. The van der Waals surface area contributed by atoms with Crippen molar-refractivity contribution in [1.29, 1.82) is 0 Å². The summed E-state index contributed by atoms with van der Waals surface area (Å²) in [6, 6.07) is -0.794. The van der Waals surface area contributed by atoms with E-state index in [0.717, 1.165) is 25.7 Å². The lowest BCUT2D eigenvalue weighted by molar-refractivity contribution is -0.148. The molecule has 1 atom stereocenters. The zero-order valence-corrected chi connectivity index (χ0v) is 9.90. The Hall–Kier alpha value is -1.10. The van der Waals surface area contributed by atoms with Crippen LogP contribution in [0.2, 0.25) is 0 Å². The van der Waals surface area contributed by atoms with Crippen molar-refractivity contribution in [3.05, 3.63) is 0 Å². The molecule has 0 heterocycles. The van der Waals surface area contributed by atoms with Crippen LogP contribution in [0.1, 0.15) is 39.0 Å². The van der Waals surface area contributed by atoms with Crippen molar-refractivity contribution in [2.45, 2.75) is 50.6 Å². The third-order valence-corrected chi connectivity index (χ3v) is 3.43. The normalized spacial score (nSPS) is 20.4. The number of nitrogens with zero attached hydrogens (tertiary/aromatic N) is 1. The van der Waals surface area contributed by atoms with Gasteiger partial charge in [0.2, 0.25) is 5.91 Å². The van der Waals surface area contributed by atoms with E-state index < -0.39 is 17.6 Å². The molecule has 1 saturated carbocycles. The second-order valence-electron chi connectivity index (χ2n) is 4.77. The maximum atomic E-state index is 11.8. The first-order valence-corrected chi connectivity index (χ1v) is 5.63. The SMILES string of the molecule is CC(C(=O)O)N(C)C(=O)CC1(N)CCCC1. The predicted molar refractivity (Wildman–Crippen MR) is 59.9 cm³/mol. The summed E-state index contributed by atoms with van der Waals surface area (Å²) in [5, 5.41) is 8.80. The number of hydrogen-bond donors (Lipinski definition) is 2. The van der Waals surface area contributed by atoms with E-state index in [9.17, 15) is 9.59 Å². The molecule has 5 nitrogen and oxygen atoms in total. The van der Waals surface area contributed by atoms with Gasteiger partial charge in [-0.1, -0.05) is 12.8 Å². The van der Waals surface area contributed by atoms with Crippen molar-refractivity contribution in [2.75, 3.05) is 7.05 Å². The fourth-order valence-electron chi connectivity index (χ4n) is 2.06. The monoisotopic (exact) mass is 228 g/mol. The molecule has 1 aliphatic rings. The molecule has 0 radical (unpaired) electrons. The van der Waals surface area contributed by atoms with Crippen LogP contribution in [-0.4, -0.2) is 40.5 Å². The van der Waals surface area contributed by atoms with Gasteiger partial charge in [-0.15, -0.1) is 0 Å². The quantitative estimate of drug-likeness (QED) is 0.737. The summed E-state index contributed by atoms with van der Waals surface area (Å²) in [6.07, 6.45) is 4.08. The van der Waals surface area contributed by atoms with E-state index in [4.69, 9.17) is 10.8 Å². The van der Waals surface area contributed by atoms with E-state index >= 15 is 0 Å². The topological polar surface area (TPSA) is 83.6 Å². The van der Waals surface area contributed by atoms with Gasteiger partial charge in [0.05, 0.1) is 0 Å². The Morgan fingerprint density at radius 1 is 1.44 bits per heavy atom. The third kappa shape index (κ3) is 2.95. The minimum atomic E-state index is -0.992. The molecule has 1 fully saturated rings. The number of carboxylic acid groups (broad SMARTS) is 1. The Kier molecular flexibility index (Phi) is 3.91. The highest BCUT2D eigenvalue weighted by molar-refractivity contribution is 5.83. The zero-order chi connectivity index (χ0) is 12.3. The van der Waals surface area contributed by atoms with Crippen molar-refractivity contribution < 1.29 is 14.7 Å². The molecule has 5 heteroatoms. The molecule has 0 aromatic heterocycles. The largest absolute Gasteiger partial charge is 0.480 e. The zero-order valence-electron chi connectivity index (χ0n) is 9.90. The van der Waals surface area contributed by atoms with Crippen molar-refractivity contribution in [1.82, 2.24) is 4.90 Å². The number of aliphatic carboxylic acids is 1. The first kappa shape index (κ1) is 13.0. The van der Waals surface area contributed by atoms with E-state index in [1.54, 1.807) is 0 Å². The predicted octanol–water partition coefficient (Wildman–Crippen LogP) is 0.579. The summed E-state index contributed by atoms with van der Waals surface area (Å²) in [7, 11) is 1.51. The Morgan fingerprint density at radius 3 is 2.38 bits per heavy atom. The van der Waals surface area contributed by atoms with Gasteiger partial charge >= 0.3 is 5.97 Å². The summed E-state index contributed by atoms with van der Waals surface area (Å²) in [6.45, 7) is 1.50. The number of rotatable bonds is 4. The molecule has 92 valence electrons. The number of carboxylic acids is 1. The molecular weight excluding hydrogens is 208 g/mol. The number of amides is 1. The lowest BCUT2D eigenvalue weighted by atomic mass is 9.94. The molecule has 3 N–H and O–H groups in total. The van der Waals surface area contributed by atoms with Gasteiger partial charge < -0.3 is 15.7 Å². The molecule has 16 heavy (non-hydrogen) atoms. The Balaban J connectivity index is 2.54. The van der Waals surface area contributed by atoms with Crippen LogP contribution in [-0.2, 0) is 9.59 Å². The highest BCUT2D eigenvalue weighted by atomic mass is 16.4. The van der Waals surface area contributed by atoms with Gasteiger partial charge in [-0.3, -0.25) is 4.79 Å². The maximum absolute atomic E-state index is 11.8. The van der Waals surface area contributed by atoms with Gasteiger partial charge in [-0.05, 0) is 19.8 Å². The Labute approximate surface area is 95.6 Å². The Morgan fingerprint density at radius 2 is 1.94 bits per heavy atom. The number of hydrogen-bond acceptors (Lipinski definition) is 3. The highest BCUT2D eigenvalue weighted by Crippen LogP contribution is 2.30. The van der Waals surface area contributed by atoms with Crippen molar-refractivity contribution in [3.8, 4) is 0 Å². The summed E-state index contributed by atoms with van der Waals surface area (Å²) in [5.74, 6) is -1.17. The molecule has 0 aliphatic heterocycles. The average Bonchev–Trinajstić information content (AvgIpc) is 2.62. The van der Waals surface area contributed by atoms with Crippen LogP contribution in [0.5, 0.6) is 0 Å². The molecule has 1 amide bonds. The molecule has 1 aliphatic carbocycles. The van der Waals surface area contributed by atoms with Gasteiger partial charge in [0.1, 0.15) is 6.04 Å². The smallest absolute Gasteiger partial charge is 0.326 e. The summed E-state index contributed by atoms with van der Waals surface area (Å²) in [5.41, 5.74) is 5.67. The molecule has 0 saturated heterocycles. The molecule has 0 aromatic rings. The third-order valence-electron chi connectivity index (χ3n) is 3.43. The van der Waals surface area contributed by atoms with Crippen LogP contribution < -0.4 is 5.73 Å².